The van der Waals surface area contributed by atoms with E-state index in [0.29, 0.717) is 19.5 Å². The van der Waals surface area contributed by atoms with Crippen molar-refractivity contribution in [3.8, 4) is 0 Å². The number of carbonyl (C=O) groups excluding carboxylic acids is 1. The summed E-state index contributed by atoms with van der Waals surface area (Å²) >= 11 is 0. The second-order valence-corrected chi connectivity index (χ2v) is 4.13. The quantitative estimate of drug-likeness (QED) is 0.445. The summed E-state index contributed by atoms with van der Waals surface area (Å²) in [6.07, 6.45) is 2.24. The molecule has 0 spiro atoms. The molecule has 1 saturated heterocycles. The fraction of sp³-hybridized carbons (Fsp3) is 0.900. The lowest BCUT2D eigenvalue weighted by molar-refractivity contribution is -0.133. The Balaban J connectivity index is 2.50. The summed E-state index contributed by atoms with van der Waals surface area (Å²) in [5, 5.41) is 13.0. The molecule has 0 bridgehead atoms. The van der Waals surface area contributed by atoms with E-state index in [2.05, 4.69) is 16.9 Å². The first-order valence-electron chi connectivity index (χ1n) is 5.65. The highest BCUT2D eigenvalue weighted by molar-refractivity contribution is 5.78. The maximum atomic E-state index is 11.6. The van der Waals surface area contributed by atoms with Crippen LogP contribution >= 0.6 is 0 Å². The van der Waals surface area contributed by atoms with Crippen molar-refractivity contribution in [2.24, 2.45) is 11.0 Å². The molecule has 90 valence electrons. The molecular weight excluding hydrogens is 208 g/mol. The highest BCUT2D eigenvalue weighted by Crippen LogP contribution is 2.21. The molecule has 0 radical (unpaired) electrons. The van der Waals surface area contributed by atoms with Crippen molar-refractivity contribution in [2.75, 3.05) is 19.6 Å². The minimum Gasteiger partial charge on any atom is -0.393 e. The third-order valence-electron chi connectivity index (χ3n) is 2.98. The summed E-state index contributed by atoms with van der Waals surface area (Å²) in [4.78, 5) is 15.8. The highest BCUT2D eigenvalue weighted by Gasteiger charge is 2.28. The van der Waals surface area contributed by atoms with Crippen LogP contribution in [0.4, 0.5) is 0 Å². The Hall–Kier alpha value is -1.26. The normalized spacial score (nSPS) is 25.0. The molecule has 1 fully saturated rings. The van der Waals surface area contributed by atoms with Gasteiger partial charge in [-0.1, -0.05) is 18.5 Å². The van der Waals surface area contributed by atoms with Gasteiger partial charge in [0.1, 0.15) is 6.54 Å². The molecule has 0 unspecified atom stereocenters. The molecule has 1 rings (SSSR count). The largest absolute Gasteiger partial charge is 0.393 e. The second kappa shape index (κ2) is 6.35. The number of aliphatic hydroxyl groups excluding tert-OH is 1. The topological polar surface area (TPSA) is 89.3 Å². The standard InChI is InChI=1S/C10H18N4O2/c1-2-3-8-7-14(5-4-9(8)15)10(16)6-12-13-11/h8-9,15H,2-7H2,1H3/t8-,9-/m1/s1. The average molecular weight is 226 g/mol. The van der Waals surface area contributed by atoms with Crippen LogP contribution in [0.25, 0.3) is 10.4 Å². The molecule has 1 amide bonds. The van der Waals surface area contributed by atoms with Crippen molar-refractivity contribution < 1.29 is 9.90 Å². The van der Waals surface area contributed by atoms with Crippen molar-refractivity contribution in [3.63, 3.8) is 0 Å². The zero-order chi connectivity index (χ0) is 12.0. The summed E-state index contributed by atoms with van der Waals surface area (Å²) < 4.78 is 0. The first kappa shape index (κ1) is 12.8. The van der Waals surface area contributed by atoms with E-state index in [1.54, 1.807) is 4.90 Å². The fourth-order valence-corrected chi connectivity index (χ4v) is 2.09. The third-order valence-corrected chi connectivity index (χ3v) is 2.98. The number of nitrogens with zero attached hydrogens (tertiary/aromatic N) is 4. The molecule has 0 aliphatic carbocycles. The maximum absolute atomic E-state index is 11.6. The van der Waals surface area contributed by atoms with Crippen LogP contribution in [-0.2, 0) is 4.79 Å². The Kier molecular flexibility index (Phi) is 5.08. The molecular formula is C10H18N4O2. The summed E-state index contributed by atoms with van der Waals surface area (Å²) in [5.41, 5.74) is 8.14. The van der Waals surface area contributed by atoms with Crippen LogP contribution in [0.2, 0.25) is 0 Å². The second-order valence-electron chi connectivity index (χ2n) is 4.13. The zero-order valence-corrected chi connectivity index (χ0v) is 9.54. The lowest BCUT2D eigenvalue weighted by atomic mass is 9.91. The molecule has 16 heavy (non-hydrogen) atoms. The molecule has 1 aliphatic rings. The Morgan fingerprint density at radius 3 is 3.06 bits per heavy atom. The predicted molar refractivity (Wildman–Crippen MR) is 59.6 cm³/mol. The van der Waals surface area contributed by atoms with E-state index in [1.165, 1.54) is 0 Å². The summed E-state index contributed by atoms with van der Waals surface area (Å²) in [6.45, 7) is 3.08. The van der Waals surface area contributed by atoms with Gasteiger partial charge >= 0.3 is 0 Å². The number of carbonyl (C=O) groups is 1. The van der Waals surface area contributed by atoms with Crippen molar-refractivity contribution in [3.05, 3.63) is 10.4 Å². The first-order chi connectivity index (χ1) is 7.69. The van der Waals surface area contributed by atoms with Crippen molar-refractivity contribution >= 4 is 5.91 Å². The molecule has 0 aromatic heterocycles. The van der Waals surface area contributed by atoms with E-state index < -0.39 is 0 Å². The maximum Gasteiger partial charge on any atom is 0.228 e. The van der Waals surface area contributed by atoms with Gasteiger partial charge in [0.15, 0.2) is 0 Å². The number of rotatable bonds is 4. The summed E-state index contributed by atoms with van der Waals surface area (Å²) in [7, 11) is 0. The van der Waals surface area contributed by atoms with E-state index in [4.69, 9.17) is 5.53 Å². The minimum absolute atomic E-state index is 0.120. The number of piperidine rings is 1. The zero-order valence-electron chi connectivity index (χ0n) is 9.54. The number of likely N-dealkylation sites (tertiary alicyclic amines) is 1. The van der Waals surface area contributed by atoms with Crippen LogP contribution in [0.5, 0.6) is 0 Å². The van der Waals surface area contributed by atoms with Gasteiger partial charge in [-0.15, -0.1) is 0 Å². The first-order valence-corrected chi connectivity index (χ1v) is 5.65. The third kappa shape index (κ3) is 3.40. The Labute approximate surface area is 94.9 Å². The Morgan fingerprint density at radius 1 is 1.69 bits per heavy atom. The number of aliphatic hydroxyl groups is 1. The van der Waals surface area contributed by atoms with Gasteiger partial charge in [-0.25, -0.2) is 0 Å². The van der Waals surface area contributed by atoms with Crippen LogP contribution in [0.3, 0.4) is 0 Å². The van der Waals surface area contributed by atoms with E-state index >= 15 is 0 Å². The molecule has 2 atom stereocenters. The van der Waals surface area contributed by atoms with Crippen molar-refractivity contribution in [2.45, 2.75) is 32.3 Å². The molecule has 0 saturated carbocycles. The van der Waals surface area contributed by atoms with Gasteiger partial charge < -0.3 is 10.0 Å². The molecule has 1 heterocycles. The van der Waals surface area contributed by atoms with Gasteiger partial charge in [0.2, 0.25) is 5.91 Å². The van der Waals surface area contributed by atoms with Crippen LogP contribution in [0.15, 0.2) is 5.11 Å². The van der Waals surface area contributed by atoms with Crippen molar-refractivity contribution in [1.82, 2.24) is 4.90 Å². The average Bonchev–Trinajstić information content (AvgIpc) is 2.29. The number of hydrogen-bond acceptors (Lipinski definition) is 3. The van der Waals surface area contributed by atoms with E-state index in [-0.39, 0.29) is 24.5 Å². The van der Waals surface area contributed by atoms with Crippen LogP contribution < -0.4 is 0 Å². The van der Waals surface area contributed by atoms with Crippen LogP contribution in [0.1, 0.15) is 26.2 Å². The minimum atomic E-state index is -0.302. The molecule has 1 aliphatic heterocycles. The number of azide groups is 1. The molecule has 0 aromatic rings. The highest BCUT2D eigenvalue weighted by atomic mass is 16.3. The molecule has 6 nitrogen and oxygen atoms in total. The van der Waals surface area contributed by atoms with Gasteiger partial charge in [-0.05, 0) is 18.4 Å². The van der Waals surface area contributed by atoms with Crippen LogP contribution in [0, 0.1) is 5.92 Å². The molecule has 0 aromatic carbocycles. The van der Waals surface area contributed by atoms with E-state index in [9.17, 15) is 9.90 Å². The molecule has 1 N–H and O–H groups in total. The van der Waals surface area contributed by atoms with Crippen molar-refractivity contribution in [1.29, 1.82) is 0 Å². The smallest absolute Gasteiger partial charge is 0.228 e. The predicted octanol–water partition coefficient (Wildman–Crippen LogP) is 1.31. The molecule has 6 heteroatoms. The Bertz CT molecular complexity index is 289. The SMILES string of the molecule is CCC[C@@H]1CN(C(=O)CN=[N+]=[N-])CC[C@H]1O. The lowest BCUT2D eigenvalue weighted by Crippen LogP contribution is -2.46. The van der Waals surface area contributed by atoms with E-state index in [1.807, 2.05) is 0 Å². The monoisotopic (exact) mass is 226 g/mol. The van der Waals surface area contributed by atoms with Gasteiger partial charge in [0, 0.05) is 23.9 Å². The summed E-state index contributed by atoms with van der Waals surface area (Å²) in [6, 6.07) is 0. The van der Waals surface area contributed by atoms with Crippen LogP contribution in [-0.4, -0.2) is 41.7 Å². The fourth-order valence-electron chi connectivity index (χ4n) is 2.09. The van der Waals surface area contributed by atoms with Gasteiger partial charge in [-0.3, -0.25) is 4.79 Å². The number of hydrogen-bond donors (Lipinski definition) is 1. The lowest BCUT2D eigenvalue weighted by Gasteiger charge is -2.36. The summed E-state index contributed by atoms with van der Waals surface area (Å²) in [5.74, 6) is 0.0135. The number of amides is 1. The van der Waals surface area contributed by atoms with E-state index in [0.717, 1.165) is 12.8 Å². The van der Waals surface area contributed by atoms with Gasteiger partial charge in [-0.2, -0.15) is 0 Å². The van der Waals surface area contributed by atoms with Gasteiger partial charge in [0.25, 0.3) is 0 Å². The van der Waals surface area contributed by atoms with Gasteiger partial charge in [0.05, 0.1) is 6.10 Å². The Morgan fingerprint density at radius 2 is 2.44 bits per heavy atom.